The summed E-state index contributed by atoms with van der Waals surface area (Å²) >= 11 is 0. The van der Waals surface area contributed by atoms with Gasteiger partial charge in [0.05, 0.1) is 0 Å². The molecular weight excluding hydrogens is 240 g/mol. The lowest BCUT2D eigenvalue weighted by atomic mass is 10.2. The van der Waals surface area contributed by atoms with Gasteiger partial charge in [0.1, 0.15) is 0 Å². The molecule has 112 valence electrons. The summed E-state index contributed by atoms with van der Waals surface area (Å²) in [5, 5.41) is 0. The highest BCUT2D eigenvalue weighted by Gasteiger charge is 1.77. The zero-order valence-corrected chi connectivity index (χ0v) is 13.4. The van der Waals surface area contributed by atoms with E-state index in [0.29, 0.717) is 0 Å². The van der Waals surface area contributed by atoms with E-state index in [1.165, 1.54) is 19.3 Å². The van der Waals surface area contributed by atoms with Gasteiger partial charge >= 0.3 is 0 Å². The molecule has 0 radical (unpaired) electrons. The summed E-state index contributed by atoms with van der Waals surface area (Å²) in [7, 11) is 0. The topological polar surface area (TPSA) is 0 Å². The van der Waals surface area contributed by atoms with Crippen molar-refractivity contribution >= 4 is 0 Å². The van der Waals surface area contributed by atoms with Gasteiger partial charge in [0.2, 0.25) is 0 Å². The van der Waals surface area contributed by atoms with Gasteiger partial charge in [-0.15, -0.1) is 0 Å². The van der Waals surface area contributed by atoms with E-state index < -0.39 is 0 Å². The molecule has 0 rings (SSSR count). The molecule has 0 amide bonds. The first-order chi connectivity index (χ1) is 9.91. The van der Waals surface area contributed by atoms with Crippen LogP contribution in [-0.2, 0) is 0 Å². The number of rotatable bonds is 12. The maximum absolute atomic E-state index is 2.29. The van der Waals surface area contributed by atoms with E-state index in [9.17, 15) is 0 Å². The Labute approximate surface area is 126 Å². The van der Waals surface area contributed by atoms with Crippen LogP contribution >= 0.6 is 0 Å². The predicted molar refractivity (Wildman–Crippen MR) is 94.0 cm³/mol. The van der Waals surface area contributed by atoms with Crippen molar-refractivity contribution in [2.24, 2.45) is 0 Å². The normalized spacial score (nSPS) is 13.1. The molecule has 0 saturated carbocycles. The summed E-state index contributed by atoms with van der Waals surface area (Å²) in [6, 6.07) is 0. The molecule has 0 heterocycles. The quantitative estimate of drug-likeness (QED) is 0.267. The number of unbranched alkanes of at least 4 members (excludes halogenated alkanes) is 2. The molecular formula is C20H32. The average molecular weight is 272 g/mol. The highest BCUT2D eigenvalue weighted by Crippen LogP contribution is 1.98. The molecule has 0 aromatic carbocycles. The third-order valence-corrected chi connectivity index (χ3v) is 2.88. The molecule has 0 aliphatic heterocycles. The van der Waals surface area contributed by atoms with Crippen LogP contribution in [0.15, 0.2) is 60.8 Å². The molecule has 0 atom stereocenters. The Kier molecular flexibility index (Phi) is 16.5. The van der Waals surface area contributed by atoms with Crippen LogP contribution in [0.5, 0.6) is 0 Å². The minimum Gasteiger partial charge on any atom is -0.0885 e. The molecule has 0 N–H and O–H groups in total. The Bertz CT molecular complexity index is 313. The van der Waals surface area contributed by atoms with Crippen LogP contribution in [0.4, 0.5) is 0 Å². The van der Waals surface area contributed by atoms with Crippen molar-refractivity contribution in [1.29, 1.82) is 0 Å². The summed E-state index contributed by atoms with van der Waals surface area (Å²) in [6.07, 6.45) is 31.6. The van der Waals surface area contributed by atoms with E-state index >= 15 is 0 Å². The van der Waals surface area contributed by atoms with Crippen LogP contribution in [0.2, 0.25) is 0 Å². The molecule has 0 aliphatic carbocycles. The highest BCUT2D eigenvalue weighted by atomic mass is 13.8. The van der Waals surface area contributed by atoms with Gasteiger partial charge in [0.25, 0.3) is 0 Å². The Hall–Kier alpha value is -1.30. The molecule has 0 heteroatoms. The van der Waals surface area contributed by atoms with E-state index in [1.807, 2.05) is 0 Å². The summed E-state index contributed by atoms with van der Waals surface area (Å²) in [4.78, 5) is 0. The largest absolute Gasteiger partial charge is 0.0885 e. The summed E-state index contributed by atoms with van der Waals surface area (Å²) in [6.45, 7) is 4.40. The second kappa shape index (κ2) is 17.7. The van der Waals surface area contributed by atoms with Gasteiger partial charge in [0, 0.05) is 0 Å². The van der Waals surface area contributed by atoms with Crippen LogP contribution in [0.1, 0.15) is 65.2 Å². The second-order valence-electron chi connectivity index (χ2n) is 4.85. The lowest BCUT2D eigenvalue weighted by Crippen LogP contribution is -1.67. The van der Waals surface area contributed by atoms with E-state index in [-0.39, 0.29) is 0 Å². The standard InChI is InChI=1S/C20H32/c1-3-5-7-9-11-13-15-17-19-20-18-16-14-12-10-8-6-4-2/h5,7,10-13,16-19H,3-4,6,8-9,14-15,20H2,1-2H3/b7-5?,12-10-,13-11?,18-16?,19-17?. The smallest absolute Gasteiger partial charge is 0.0169 e. The molecule has 0 nitrogen and oxygen atoms in total. The van der Waals surface area contributed by atoms with Gasteiger partial charge < -0.3 is 0 Å². The van der Waals surface area contributed by atoms with E-state index in [0.717, 1.165) is 32.1 Å². The molecule has 0 bridgehead atoms. The molecule has 0 saturated heterocycles. The lowest BCUT2D eigenvalue weighted by molar-refractivity contribution is 0.813. The Balaban J connectivity index is 3.42. The number of hydrogen-bond donors (Lipinski definition) is 0. The van der Waals surface area contributed by atoms with Crippen LogP contribution in [0, 0.1) is 0 Å². The summed E-state index contributed by atoms with van der Waals surface area (Å²) < 4.78 is 0. The zero-order valence-electron chi connectivity index (χ0n) is 13.4. The maximum atomic E-state index is 2.29. The second-order valence-corrected chi connectivity index (χ2v) is 4.85. The van der Waals surface area contributed by atoms with Crippen LogP contribution < -0.4 is 0 Å². The predicted octanol–water partition coefficient (Wildman–Crippen LogP) is 6.93. The monoisotopic (exact) mass is 272 g/mol. The van der Waals surface area contributed by atoms with Crippen LogP contribution in [0.25, 0.3) is 0 Å². The van der Waals surface area contributed by atoms with E-state index in [1.54, 1.807) is 0 Å². The molecule has 0 aromatic heterocycles. The number of hydrogen-bond acceptors (Lipinski definition) is 0. The van der Waals surface area contributed by atoms with Crippen molar-refractivity contribution in [1.82, 2.24) is 0 Å². The Morgan fingerprint density at radius 3 is 1.30 bits per heavy atom. The molecule has 0 aliphatic rings. The van der Waals surface area contributed by atoms with Gasteiger partial charge in [-0.05, 0) is 38.5 Å². The first kappa shape index (κ1) is 18.7. The molecule has 20 heavy (non-hydrogen) atoms. The van der Waals surface area contributed by atoms with Gasteiger partial charge in [-0.3, -0.25) is 0 Å². The Morgan fingerprint density at radius 2 is 0.900 bits per heavy atom. The van der Waals surface area contributed by atoms with Crippen molar-refractivity contribution in [3.05, 3.63) is 60.8 Å². The minimum atomic E-state index is 1.05. The maximum Gasteiger partial charge on any atom is -0.0169 e. The molecule has 0 spiro atoms. The van der Waals surface area contributed by atoms with Crippen molar-refractivity contribution in [2.45, 2.75) is 65.2 Å². The van der Waals surface area contributed by atoms with Gasteiger partial charge in [0.15, 0.2) is 0 Å². The molecule has 0 unspecified atom stereocenters. The van der Waals surface area contributed by atoms with Gasteiger partial charge in [-0.25, -0.2) is 0 Å². The SMILES string of the molecule is CCC=CCC=CCC=CCC=CC/C=C\CCCC. The third kappa shape index (κ3) is 16.7. The molecule has 0 fully saturated rings. The fraction of sp³-hybridized carbons (Fsp3) is 0.500. The van der Waals surface area contributed by atoms with Crippen molar-refractivity contribution in [2.75, 3.05) is 0 Å². The fourth-order valence-electron chi connectivity index (χ4n) is 1.69. The fourth-order valence-corrected chi connectivity index (χ4v) is 1.69. The van der Waals surface area contributed by atoms with Crippen LogP contribution in [0.3, 0.4) is 0 Å². The Morgan fingerprint density at radius 1 is 0.500 bits per heavy atom. The van der Waals surface area contributed by atoms with Crippen molar-refractivity contribution < 1.29 is 0 Å². The lowest BCUT2D eigenvalue weighted by Gasteiger charge is -1.87. The zero-order chi connectivity index (χ0) is 14.7. The summed E-state index contributed by atoms with van der Waals surface area (Å²) in [5.41, 5.74) is 0. The third-order valence-electron chi connectivity index (χ3n) is 2.88. The van der Waals surface area contributed by atoms with E-state index in [4.69, 9.17) is 0 Å². The summed E-state index contributed by atoms with van der Waals surface area (Å²) in [5.74, 6) is 0. The number of allylic oxidation sites excluding steroid dienone is 10. The first-order valence-electron chi connectivity index (χ1n) is 8.16. The van der Waals surface area contributed by atoms with Crippen LogP contribution in [-0.4, -0.2) is 0 Å². The average Bonchev–Trinajstić information content (AvgIpc) is 2.47. The van der Waals surface area contributed by atoms with Gasteiger partial charge in [-0.2, -0.15) is 0 Å². The van der Waals surface area contributed by atoms with E-state index in [2.05, 4.69) is 74.6 Å². The van der Waals surface area contributed by atoms with Crippen molar-refractivity contribution in [3.8, 4) is 0 Å². The first-order valence-corrected chi connectivity index (χ1v) is 8.16. The van der Waals surface area contributed by atoms with Gasteiger partial charge in [-0.1, -0.05) is 87.4 Å². The van der Waals surface area contributed by atoms with Crippen molar-refractivity contribution in [3.63, 3.8) is 0 Å². The molecule has 0 aromatic rings. The minimum absolute atomic E-state index is 1.05. The highest BCUT2D eigenvalue weighted by molar-refractivity contribution is 5.00.